The van der Waals surface area contributed by atoms with E-state index in [0.717, 1.165) is 0 Å². The van der Waals surface area contributed by atoms with E-state index in [2.05, 4.69) is 25.7 Å². The number of ether oxygens (including phenoxy) is 2. The number of allylic oxidation sites excluding steroid dienone is 1. The zero-order chi connectivity index (χ0) is 23.7. The van der Waals surface area contributed by atoms with Crippen LogP contribution in [-0.4, -0.2) is 39.9 Å². The van der Waals surface area contributed by atoms with Crippen LogP contribution < -0.4 is 20.1 Å². The minimum absolute atomic E-state index is 0.312. The number of hydrogen-bond acceptors (Lipinski definition) is 8. The highest BCUT2D eigenvalue weighted by Gasteiger charge is 2.37. The number of anilines is 2. The standard InChI is InChI=1S/C24H22N6O4/c1-14-19(23(31)27-15-7-5-11-25-13-15)20(16-8-4-9-17(32-2)21(16)33-3)30-24(26-14)28-22(29-30)18-10-6-12-34-18/h4-13,20H,1-3H3,(H,27,31)(H,26,28,29). The van der Waals surface area contributed by atoms with Crippen LogP contribution in [0, 0.1) is 0 Å². The number of hydrogen-bond donors (Lipinski definition) is 2. The third-order valence-corrected chi connectivity index (χ3v) is 5.49. The molecule has 10 nitrogen and oxygen atoms in total. The van der Waals surface area contributed by atoms with Gasteiger partial charge in [0.1, 0.15) is 6.04 Å². The first-order chi connectivity index (χ1) is 16.6. The van der Waals surface area contributed by atoms with E-state index in [1.165, 1.54) is 0 Å². The van der Waals surface area contributed by atoms with Gasteiger partial charge in [0.2, 0.25) is 11.8 Å². The smallest absolute Gasteiger partial charge is 0.255 e. The minimum atomic E-state index is -0.658. The Morgan fingerprint density at radius 3 is 2.74 bits per heavy atom. The molecule has 0 saturated carbocycles. The number of methoxy groups -OCH3 is 2. The summed E-state index contributed by atoms with van der Waals surface area (Å²) in [5.41, 5.74) is 2.34. The quantitative estimate of drug-likeness (QED) is 0.447. The molecule has 1 aliphatic heterocycles. The van der Waals surface area contributed by atoms with Crippen molar-refractivity contribution in [2.75, 3.05) is 24.9 Å². The van der Waals surface area contributed by atoms with E-state index < -0.39 is 6.04 Å². The molecule has 1 aromatic carbocycles. The van der Waals surface area contributed by atoms with Gasteiger partial charge in [-0.15, -0.1) is 5.10 Å². The molecule has 0 saturated heterocycles. The molecular weight excluding hydrogens is 436 g/mol. The summed E-state index contributed by atoms with van der Waals surface area (Å²) in [6.07, 6.45) is 4.78. The lowest BCUT2D eigenvalue weighted by atomic mass is 9.94. The van der Waals surface area contributed by atoms with Crippen molar-refractivity contribution in [3.63, 3.8) is 0 Å². The van der Waals surface area contributed by atoms with Crippen molar-refractivity contribution >= 4 is 17.5 Å². The molecule has 0 aliphatic carbocycles. The maximum atomic E-state index is 13.6. The first kappa shape index (κ1) is 21.3. The summed E-state index contributed by atoms with van der Waals surface area (Å²) in [4.78, 5) is 22.2. The van der Waals surface area contributed by atoms with E-state index in [1.54, 1.807) is 67.9 Å². The number of nitrogens with one attached hydrogen (secondary N) is 2. The molecule has 0 radical (unpaired) electrons. The Morgan fingerprint density at radius 1 is 1.15 bits per heavy atom. The second-order valence-electron chi connectivity index (χ2n) is 7.53. The number of benzene rings is 1. The lowest BCUT2D eigenvalue weighted by Crippen LogP contribution is -2.31. The van der Waals surface area contributed by atoms with Gasteiger partial charge < -0.3 is 24.5 Å². The second-order valence-corrected chi connectivity index (χ2v) is 7.53. The number of carbonyl (C=O) groups is 1. The molecule has 3 aromatic heterocycles. The minimum Gasteiger partial charge on any atom is -0.493 e. The monoisotopic (exact) mass is 458 g/mol. The van der Waals surface area contributed by atoms with E-state index in [4.69, 9.17) is 13.9 Å². The highest BCUT2D eigenvalue weighted by atomic mass is 16.5. The number of furan rings is 1. The Morgan fingerprint density at radius 2 is 2.03 bits per heavy atom. The average Bonchev–Trinajstić information content (AvgIpc) is 3.53. The normalized spacial score (nSPS) is 14.9. The Labute approximate surface area is 195 Å². The molecule has 1 unspecified atom stereocenters. The molecule has 10 heteroatoms. The molecule has 172 valence electrons. The molecule has 4 heterocycles. The fourth-order valence-electron chi connectivity index (χ4n) is 4.01. The zero-order valence-electron chi connectivity index (χ0n) is 18.8. The molecule has 5 rings (SSSR count). The molecular formula is C24H22N6O4. The van der Waals surface area contributed by atoms with Gasteiger partial charge in [-0.25, -0.2) is 4.68 Å². The van der Waals surface area contributed by atoms with Crippen LogP contribution in [0.25, 0.3) is 11.6 Å². The van der Waals surface area contributed by atoms with Crippen LogP contribution in [0.2, 0.25) is 0 Å². The van der Waals surface area contributed by atoms with Crippen molar-refractivity contribution in [2.24, 2.45) is 0 Å². The largest absolute Gasteiger partial charge is 0.493 e. The van der Waals surface area contributed by atoms with Crippen LogP contribution in [-0.2, 0) is 4.79 Å². The molecule has 1 amide bonds. The SMILES string of the molecule is COc1cccc(C2C(C(=O)Nc3cccnc3)=C(C)Nc3nc(-c4ccco4)nn32)c1OC. The summed E-state index contributed by atoms with van der Waals surface area (Å²) in [5.74, 6) is 2.10. The van der Waals surface area contributed by atoms with Crippen LogP contribution >= 0.6 is 0 Å². The van der Waals surface area contributed by atoms with Crippen LogP contribution in [0.5, 0.6) is 11.5 Å². The highest BCUT2D eigenvalue weighted by Crippen LogP contribution is 2.43. The lowest BCUT2D eigenvalue weighted by Gasteiger charge is -2.29. The Balaban J connectivity index is 1.67. The molecule has 0 bridgehead atoms. The van der Waals surface area contributed by atoms with Crippen LogP contribution in [0.15, 0.2) is 76.8 Å². The molecule has 4 aromatic rings. The van der Waals surface area contributed by atoms with Gasteiger partial charge in [-0.3, -0.25) is 9.78 Å². The van der Waals surface area contributed by atoms with Gasteiger partial charge in [-0.05, 0) is 37.3 Å². The van der Waals surface area contributed by atoms with Crippen molar-refractivity contribution < 1.29 is 18.7 Å². The first-order valence-electron chi connectivity index (χ1n) is 10.5. The van der Waals surface area contributed by atoms with Crippen molar-refractivity contribution in [3.8, 4) is 23.1 Å². The fraction of sp³-hybridized carbons (Fsp3) is 0.167. The Hall–Kier alpha value is -4.60. The summed E-state index contributed by atoms with van der Waals surface area (Å²) in [6, 6.07) is 11.9. The van der Waals surface area contributed by atoms with Gasteiger partial charge in [0, 0.05) is 17.5 Å². The summed E-state index contributed by atoms with van der Waals surface area (Å²) < 4.78 is 18.4. The number of pyridine rings is 1. The predicted octanol–water partition coefficient (Wildman–Crippen LogP) is 3.88. The molecule has 34 heavy (non-hydrogen) atoms. The molecule has 1 aliphatic rings. The zero-order valence-corrected chi connectivity index (χ0v) is 18.8. The topological polar surface area (TPSA) is 116 Å². The fourth-order valence-corrected chi connectivity index (χ4v) is 4.01. The summed E-state index contributed by atoms with van der Waals surface area (Å²) in [5, 5.41) is 10.8. The number of amides is 1. The van der Waals surface area contributed by atoms with Gasteiger partial charge in [0.15, 0.2) is 17.3 Å². The van der Waals surface area contributed by atoms with E-state index in [-0.39, 0.29) is 5.91 Å². The van der Waals surface area contributed by atoms with E-state index in [9.17, 15) is 4.79 Å². The molecule has 0 fully saturated rings. The van der Waals surface area contributed by atoms with Crippen LogP contribution in [0.3, 0.4) is 0 Å². The van der Waals surface area contributed by atoms with E-state index >= 15 is 0 Å². The summed E-state index contributed by atoms with van der Waals surface area (Å²) >= 11 is 0. The first-order valence-corrected chi connectivity index (χ1v) is 10.5. The third-order valence-electron chi connectivity index (χ3n) is 5.49. The Kier molecular flexibility index (Phi) is 5.46. The van der Waals surface area contributed by atoms with Crippen molar-refractivity contribution in [2.45, 2.75) is 13.0 Å². The van der Waals surface area contributed by atoms with Crippen LogP contribution in [0.4, 0.5) is 11.6 Å². The van der Waals surface area contributed by atoms with Crippen molar-refractivity contribution in [3.05, 3.63) is 78.0 Å². The van der Waals surface area contributed by atoms with Gasteiger partial charge in [0.25, 0.3) is 5.91 Å². The predicted molar refractivity (Wildman–Crippen MR) is 125 cm³/mol. The average molecular weight is 458 g/mol. The lowest BCUT2D eigenvalue weighted by molar-refractivity contribution is -0.113. The van der Waals surface area contributed by atoms with Gasteiger partial charge >= 0.3 is 0 Å². The maximum Gasteiger partial charge on any atom is 0.255 e. The molecule has 2 N–H and O–H groups in total. The summed E-state index contributed by atoms with van der Waals surface area (Å²) in [7, 11) is 3.13. The number of carbonyl (C=O) groups excluding carboxylic acids is 1. The van der Waals surface area contributed by atoms with Crippen molar-refractivity contribution in [1.29, 1.82) is 0 Å². The number of aromatic nitrogens is 4. The number of nitrogens with zero attached hydrogens (tertiary/aromatic N) is 4. The molecule has 0 spiro atoms. The Bertz CT molecular complexity index is 1360. The third kappa shape index (κ3) is 3.64. The summed E-state index contributed by atoms with van der Waals surface area (Å²) in [6.45, 7) is 1.82. The van der Waals surface area contributed by atoms with Gasteiger partial charge in [-0.2, -0.15) is 4.98 Å². The van der Waals surface area contributed by atoms with Crippen LogP contribution in [0.1, 0.15) is 18.5 Å². The second kappa shape index (κ2) is 8.74. The number of para-hydroxylation sites is 1. The van der Waals surface area contributed by atoms with Gasteiger partial charge in [-0.1, -0.05) is 12.1 Å². The van der Waals surface area contributed by atoms with Gasteiger partial charge in [0.05, 0.1) is 37.9 Å². The molecule has 1 atom stereocenters. The van der Waals surface area contributed by atoms with E-state index in [0.29, 0.717) is 51.6 Å². The highest BCUT2D eigenvalue weighted by molar-refractivity contribution is 6.06. The number of fused-ring (bicyclic) bond motifs is 1. The maximum absolute atomic E-state index is 13.6. The van der Waals surface area contributed by atoms with E-state index in [1.807, 2.05) is 19.1 Å². The number of rotatable bonds is 6. The van der Waals surface area contributed by atoms with Crippen molar-refractivity contribution in [1.82, 2.24) is 19.7 Å².